The lowest BCUT2D eigenvalue weighted by Crippen LogP contribution is -2.36. The number of fused-ring (bicyclic) bond motifs is 1. The number of hydrogen-bond acceptors (Lipinski definition) is 5. The van der Waals surface area contributed by atoms with E-state index in [2.05, 4.69) is 20.6 Å². The normalized spacial score (nSPS) is 13.2. The molecule has 2 amide bonds. The molecule has 3 aromatic heterocycles. The first-order valence-electron chi connectivity index (χ1n) is 9.20. The number of hydrogen-bond donors (Lipinski definition) is 2. The molecule has 0 atom stereocenters. The van der Waals surface area contributed by atoms with Gasteiger partial charge in [0, 0.05) is 43.0 Å². The summed E-state index contributed by atoms with van der Waals surface area (Å²) in [4.78, 5) is 26.5. The summed E-state index contributed by atoms with van der Waals surface area (Å²) >= 11 is 1.80. The number of imidazole rings is 1. The Hall–Kier alpha value is -2.74. The zero-order valence-electron chi connectivity index (χ0n) is 15.0. The lowest BCUT2D eigenvalue weighted by molar-refractivity contribution is 0.240. The minimum Gasteiger partial charge on any atom is -0.338 e. The molecule has 0 saturated heterocycles. The van der Waals surface area contributed by atoms with Crippen molar-refractivity contribution in [3.8, 4) is 5.82 Å². The fraction of sp³-hybridized carbons (Fsp3) is 0.368. The fourth-order valence-corrected chi connectivity index (χ4v) is 4.27. The van der Waals surface area contributed by atoms with Crippen molar-refractivity contribution in [1.82, 2.24) is 30.2 Å². The van der Waals surface area contributed by atoms with Gasteiger partial charge in [0.05, 0.1) is 10.7 Å². The van der Waals surface area contributed by atoms with Gasteiger partial charge in [-0.3, -0.25) is 4.57 Å². The summed E-state index contributed by atoms with van der Waals surface area (Å²) in [7, 11) is 0. The van der Waals surface area contributed by atoms with E-state index in [1.165, 1.54) is 23.4 Å². The first kappa shape index (κ1) is 17.7. The van der Waals surface area contributed by atoms with Crippen LogP contribution in [0.1, 0.15) is 34.0 Å². The Labute approximate surface area is 161 Å². The molecule has 4 rings (SSSR count). The highest BCUT2D eigenvalue weighted by Gasteiger charge is 2.14. The van der Waals surface area contributed by atoms with Crippen LogP contribution in [-0.2, 0) is 25.8 Å². The van der Waals surface area contributed by atoms with Crippen LogP contribution in [0.3, 0.4) is 0 Å². The fourth-order valence-electron chi connectivity index (χ4n) is 3.11. The summed E-state index contributed by atoms with van der Waals surface area (Å²) < 4.78 is 1.83. The van der Waals surface area contributed by atoms with E-state index in [-0.39, 0.29) is 6.03 Å². The summed E-state index contributed by atoms with van der Waals surface area (Å²) in [5.74, 6) is 0.798. The van der Waals surface area contributed by atoms with Crippen molar-refractivity contribution in [2.45, 2.75) is 38.6 Å². The highest BCUT2D eigenvalue weighted by atomic mass is 32.1. The van der Waals surface area contributed by atoms with Crippen LogP contribution in [0.15, 0.2) is 37.1 Å². The molecule has 0 saturated carbocycles. The minimum atomic E-state index is -0.171. The Kier molecular flexibility index (Phi) is 5.43. The molecule has 0 fully saturated rings. The number of nitrogens with one attached hydrogen (secondary N) is 2. The molecule has 7 nitrogen and oxygen atoms in total. The minimum absolute atomic E-state index is 0.171. The molecular weight excluding hydrogens is 360 g/mol. The highest BCUT2D eigenvalue weighted by Crippen LogP contribution is 2.26. The number of pyridine rings is 1. The van der Waals surface area contributed by atoms with Gasteiger partial charge in [0.15, 0.2) is 0 Å². The summed E-state index contributed by atoms with van der Waals surface area (Å²) in [6.07, 6.45) is 12.6. The van der Waals surface area contributed by atoms with Crippen LogP contribution < -0.4 is 10.6 Å². The van der Waals surface area contributed by atoms with E-state index in [4.69, 9.17) is 4.98 Å². The molecule has 140 valence electrons. The number of urea groups is 1. The number of carbonyl (C=O) groups is 1. The topological polar surface area (TPSA) is 84.7 Å². The zero-order valence-corrected chi connectivity index (χ0v) is 15.8. The van der Waals surface area contributed by atoms with Crippen molar-refractivity contribution in [2.24, 2.45) is 0 Å². The van der Waals surface area contributed by atoms with Gasteiger partial charge in [-0.25, -0.2) is 19.7 Å². The lowest BCUT2D eigenvalue weighted by atomic mass is 10.0. The second-order valence-electron chi connectivity index (χ2n) is 6.54. The monoisotopic (exact) mass is 382 g/mol. The van der Waals surface area contributed by atoms with E-state index >= 15 is 0 Å². The Bertz CT molecular complexity index is 864. The van der Waals surface area contributed by atoms with Gasteiger partial charge in [0.25, 0.3) is 0 Å². The number of amides is 2. The predicted molar refractivity (Wildman–Crippen MR) is 104 cm³/mol. The van der Waals surface area contributed by atoms with Crippen molar-refractivity contribution >= 4 is 17.4 Å². The number of aryl methyl sites for hydroxylation is 2. The van der Waals surface area contributed by atoms with Gasteiger partial charge >= 0.3 is 6.03 Å². The summed E-state index contributed by atoms with van der Waals surface area (Å²) in [6.45, 7) is 1.03. The van der Waals surface area contributed by atoms with Crippen molar-refractivity contribution in [1.29, 1.82) is 0 Å². The number of rotatable bonds is 6. The lowest BCUT2D eigenvalue weighted by Gasteiger charge is -2.07. The van der Waals surface area contributed by atoms with E-state index in [9.17, 15) is 4.79 Å². The van der Waals surface area contributed by atoms with Crippen LogP contribution in [0.4, 0.5) is 4.79 Å². The maximum absolute atomic E-state index is 12.0. The first-order valence-corrected chi connectivity index (χ1v) is 10.0. The van der Waals surface area contributed by atoms with E-state index in [1.807, 2.05) is 22.9 Å². The molecule has 3 heterocycles. The molecule has 0 radical (unpaired) electrons. The second kappa shape index (κ2) is 8.30. The Morgan fingerprint density at radius 1 is 1.22 bits per heavy atom. The number of aromatic nitrogens is 4. The summed E-state index contributed by atoms with van der Waals surface area (Å²) in [5.41, 5.74) is 2.22. The van der Waals surface area contributed by atoms with Crippen LogP contribution in [-0.4, -0.2) is 32.1 Å². The van der Waals surface area contributed by atoms with E-state index in [0.717, 1.165) is 35.7 Å². The van der Waals surface area contributed by atoms with Crippen molar-refractivity contribution in [3.63, 3.8) is 0 Å². The van der Waals surface area contributed by atoms with Gasteiger partial charge in [-0.05, 0) is 37.3 Å². The molecule has 2 N–H and O–H groups in total. The van der Waals surface area contributed by atoms with Crippen molar-refractivity contribution in [2.75, 3.05) is 6.54 Å². The molecule has 1 aliphatic carbocycles. The molecule has 0 aromatic carbocycles. The number of thiazole rings is 1. The van der Waals surface area contributed by atoms with Gasteiger partial charge in [-0.1, -0.05) is 6.07 Å². The van der Waals surface area contributed by atoms with Crippen LogP contribution >= 0.6 is 11.3 Å². The Balaban J connectivity index is 1.20. The van der Waals surface area contributed by atoms with E-state index < -0.39 is 0 Å². The van der Waals surface area contributed by atoms with Crippen LogP contribution in [0.25, 0.3) is 5.82 Å². The third kappa shape index (κ3) is 4.51. The Morgan fingerprint density at radius 2 is 2.15 bits per heavy atom. The van der Waals surface area contributed by atoms with Gasteiger partial charge in [-0.2, -0.15) is 0 Å². The molecule has 0 bridgehead atoms. The zero-order chi connectivity index (χ0) is 18.5. The number of carbonyl (C=O) groups excluding carboxylic acids is 1. The number of nitrogens with zero attached hydrogens (tertiary/aromatic N) is 4. The third-order valence-electron chi connectivity index (χ3n) is 4.55. The molecule has 0 aliphatic heterocycles. The smallest absolute Gasteiger partial charge is 0.315 e. The molecule has 8 heteroatoms. The molecule has 27 heavy (non-hydrogen) atoms. The van der Waals surface area contributed by atoms with E-state index in [0.29, 0.717) is 13.1 Å². The molecular formula is C19H22N6OS. The molecule has 3 aromatic rings. The summed E-state index contributed by atoms with van der Waals surface area (Å²) in [5, 5.41) is 6.89. The van der Waals surface area contributed by atoms with Crippen LogP contribution in [0.5, 0.6) is 0 Å². The predicted octanol–water partition coefficient (Wildman–Crippen LogP) is 2.64. The van der Waals surface area contributed by atoms with E-state index in [1.54, 1.807) is 30.1 Å². The van der Waals surface area contributed by atoms with Gasteiger partial charge in [0.2, 0.25) is 0 Å². The standard InChI is InChI=1S/C19H22N6OS/c26-19(21-8-7-18-24-15-3-1-2-4-16(15)27-18)23-12-14-5-6-17(22-11-14)25-10-9-20-13-25/h5-6,9-11,13H,1-4,7-8,12H2,(H2,21,23,26). The molecule has 0 spiro atoms. The molecule has 1 aliphatic rings. The highest BCUT2D eigenvalue weighted by molar-refractivity contribution is 7.11. The van der Waals surface area contributed by atoms with Crippen molar-refractivity contribution < 1.29 is 4.79 Å². The molecule has 0 unspecified atom stereocenters. The average molecular weight is 382 g/mol. The largest absolute Gasteiger partial charge is 0.338 e. The maximum Gasteiger partial charge on any atom is 0.315 e. The Morgan fingerprint density at radius 3 is 2.93 bits per heavy atom. The average Bonchev–Trinajstić information content (AvgIpc) is 3.36. The third-order valence-corrected chi connectivity index (χ3v) is 5.76. The maximum atomic E-state index is 12.0. The van der Waals surface area contributed by atoms with Gasteiger partial charge in [-0.15, -0.1) is 11.3 Å². The van der Waals surface area contributed by atoms with Gasteiger partial charge in [0.1, 0.15) is 12.1 Å². The van der Waals surface area contributed by atoms with Crippen LogP contribution in [0.2, 0.25) is 0 Å². The SMILES string of the molecule is O=C(NCCc1nc2c(s1)CCCC2)NCc1ccc(-n2ccnc2)nc1. The van der Waals surface area contributed by atoms with Crippen molar-refractivity contribution in [3.05, 3.63) is 58.2 Å². The van der Waals surface area contributed by atoms with Crippen LogP contribution in [0, 0.1) is 0 Å². The first-order chi connectivity index (χ1) is 13.3. The summed E-state index contributed by atoms with van der Waals surface area (Å²) in [6, 6.07) is 3.68. The van der Waals surface area contributed by atoms with Gasteiger partial charge < -0.3 is 10.6 Å². The quantitative estimate of drug-likeness (QED) is 0.686. The second-order valence-corrected chi connectivity index (χ2v) is 7.71.